The number of Topliss-reactive ketones (excluding diaryl/α,β-unsaturated/α-hetero) is 1. The monoisotopic (exact) mass is 392 g/mol. The molecule has 0 atom stereocenters. The van der Waals surface area contributed by atoms with Gasteiger partial charge in [-0.2, -0.15) is 5.10 Å². The summed E-state index contributed by atoms with van der Waals surface area (Å²) >= 11 is 0. The Morgan fingerprint density at radius 2 is 1.76 bits per heavy atom. The summed E-state index contributed by atoms with van der Waals surface area (Å²) in [5.74, 6) is -1.01. The maximum Gasteiger partial charge on any atom is 0.331 e. The average Bonchev–Trinajstić information content (AvgIpc) is 3.29. The third kappa shape index (κ3) is 2.71. The minimum Gasteiger partial charge on any atom is -0.300 e. The van der Waals surface area contributed by atoms with Crippen LogP contribution in [0.15, 0.2) is 48.7 Å². The van der Waals surface area contributed by atoms with Crippen LogP contribution >= 0.6 is 0 Å². The molecule has 0 unspecified atom stereocenters. The third-order valence-electron chi connectivity index (χ3n) is 5.53. The molecule has 0 bridgehead atoms. The van der Waals surface area contributed by atoms with Crippen molar-refractivity contribution in [3.05, 3.63) is 54.5 Å². The summed E-state index contributed by atoms with van der Waals surface area (Å²) in [4.78, 5) is 39.4. The predicted octanol–water partition coefficient (Wildman–Crippen LogP) is 2.91. The number of anilines is 1. The molecule has 1 aromatic heterocycles. The van der Waals surface area contributed by atoms with Crippen LogP contribution < -0.4 is 4.90 Å². The fourth-order valence-electron chi connectivity index (χ4n) is 3.94. The van der Waals surface area contributed by atoms with Gasteiger partial charge < -0.3 is 0 Å². The van der Waals surface area contributed by atoms with Gasteiger partial charge in [-0.05, 0) is 24.3 Å². The van der Waals surface area contributed by atoms with Gasteiger partial charge in [-0.1, -0.05) is 18.2 Å². The minimum atomic E-state index is -0.402. The largest absolute Gasteiger partial charge is 0.331 e. The summed E-state index contributed by atoms with van der Waals surface area (Å²) in [5, 5.41) is 5.01. The molecule has 0 radical (unpaired) electrons. The first-order valence-electron chi connectivity index (χ1n) is 9.41. The number of urea groups is 1. The second kappa shape index (κ2) is 6.51. The molecular formula is C21H17FN4O3. The number of imide groups is 1. The Kier molecular flexibility index (Phi) is 3.94. The number of hydrogen-bond donors (Lipinski definition) is 0. The number of aromatic nitrogens is 2. The van der Waals surface area contributed by atoms with Crippen LogP contribution in [0.2, 0.25) is 0 Å². The van der Waals surface area contributed by atoms with Crippen molar-refractivity contribution in [2.24, 2.45) is 5.92 Å². The number of nitrogens with zero attached hydrogens (tertiary/aromatic N) is 4. The van der Waals surface area contributed by atoms with Crippen molar-refractivity contribution in [3.63, 3.8) is 0 Å². The lowest BCUT2D eigenvalue weighted by Crippen LogP contribution is -2.44. The number of fused-ring (bicyclic) bond motifs is 1. The SMILES string of the molecule is O=C1CC(C(=O)N2CCN(c3cccc4c3cnn4-c3ccccc3F)C2=O)C1. The molecule has 5 rings (SSSR count). The first-order valence-corrected chi connectivity index (χ1v) is 9.41. The van der Waals surface area contributed by atoms with Crippen LogP contribution in [0.4, 0.5) is 14.9 Å². The Balaban J connectivity index is 1.48. The first-order chi connectivity index (χ1) is 14.0. The number of rotatable bonds is 3. The zero-order chi connectivity index (χ0) is 20.1. The van der Waals surface area contributed by atoms with E-state index in [1.807, 2.05) is 6.07 Å². The molecule has 7 nitrogen and oxygen atoms in total. The van der Waals surface area contributed by atoms with Crippen molar-refractivity contribution in [2.45, 2.75) is 12.8 Å². The molecule has 146 valence electrons. The van der Waals surface area contributed by atoms with Crippen LogP contribution in [0.1, 0.15) is 12.8 Å². The number of para-hydroxylation sites is 1. The Hall–Kier alpha value is -3.55. The fraction of sp³-hybridized carbons (Fsp3) is 0.238. The molecule has 2 aromatic carbocycles. The van der Waals surface area contributed by atoms with E-state index in [4.69, 9.17) is 0 Å². The summed E-state index contributed by atoms with van der Waals surface area (Å²) in [6.07, 6.45) is 2.03. The van der Waals surface area contributed by atoms with Gasteiger partial charge in [0, 0.05) is 31.3 Å². The van der Waals surface area contributed by atoms with Crippen molar-refractivity contribution in [3.8, 4) is 5.69 Å². The highest BCUT2D eigenvalue weighted by Gasteiger charge is 2.42. The van der Waals surface area contributed by atoms with E-state index in [0.717, 1.165) is 0 Å². The Morgan fingerprint density at radius 3 is 2.52 bits per heavy atom. The summed E-state index contributed by atoms with van der Waals surface area (Å²) in [6.45, 7) is 0.634. The van der Waals surface area contributed by atoms with E-state index in [2.05, 4.69) is 5.10 Å². The van der Waals surface area contributed by atoms with E-state index in [-0.39, 0.29) is 37.0 Å². The maximum absolute atomic E-state index is 14.2. The van der Waals surface area contributed by atoms with Gasteiger partial charge in [-0.3, -0.25) is 19.4 Å². The number of carbonyl (C=O) groups excluding carboxylic acids is 3. The minimum absolute atomic E-state index is 0.0529. The standard InChI is InChI=1S/C21H17FN4O3/c22-16-4-1-2-5-19(16)26-18-7-3-6-17(15(18)12-23-26)24-8-9-25(21(24)29)20(28)13-10-14(27)11-13/h1-7,12-13H,8-11H2. The van der Waals surface area contributed by atoms with Gasteiger partial charge in [0.05, 0.1) is 23.3 Å². The summed E-state index contributed by atoms with van der Waals surface area (Å²) in [7, 11) is 0. The molecule has 29 heavy (non-hydrogen) atoms. The highest BCUT2D eigenvalue weighted by Crippen LogP contribution is 2.33. The van der Waals surface area contributed by atoms with Gasteiger partial charge in [-0.25, -0.2) is 13.9 Å². The zero-order valence-electron chi connectivity index (χ0n) is 15.4. The number of carbonyl (C=O) groups is 3. The first kappa shape index (κ1) is 17.5. The van der Waals surface area contributed by atoms with Gasteiger partial charge in [0.25, 0.3) is 0 Å². The average molecular weight is 392 g/mol. The van der Waals surface area contributed by atoms with Gasteiger partial charge in [0.1, 0.15) is 17.3 Å². The number of amides is 3. The smallest absolute Gasteiger partial charge is 0.300 e. The van der Waals surface area contributed by atoms with Gasteiger partial charge >= 0.3 is 6.03 Å². The van der Waals surface area contributed by atoms with Gasteiger partial charge in [0.15, 0.2) is 0 Å². The topological polar surface area (TPSA) is 75.5 Å². The molecule has 2 heterocycles. The number of halogens is 1. The molecule has 1 aliphatic carbocycles. The van der Waals surface area contributed by atoms with E-state index in [9.17, 15) is 18.8 Å². The van der Waals surface area contributed by atoms with Gasteiger partial charge in [0.2, 0.25) is 5.91 Å². The van der Waals surface area contributed by atoms with Crippen molar-refractivity contribution in [1.82, 2.24) is 14.7 Å². The van der Waals surface area contributed by atoms with Crippen LogP contribution in [0.5, 0.6) is 0 Å². The Bertz CT molecular complexity index is 1160. The molecule has 0 spiro atoms. The normalized spacial score (nSPS) is 17.3. The molecule has 2 fully saturated rings. The van der Waals surface area contributed by atoms with Gasteiger partial charge in [-0.15, -0.1) is 0 Å². The van der Waals surface area contributed by atoms with E-state index in [1.165, 1.54) is 20.5 Å². The van der Waals surface area contributed by atoms with E-state index in [0.29, 0.717) is 28.8 Å². The van der Waals surface area contributed by atoms with E-state index in [1.54, 1.807) is 36.5 Å². The van der Waals surface area contributed by atoms with Crippen molar-refractivity contribution < 1.29 is 18.8 Å². The van der Waals surface area contributed by atoms with Crippen molar-refractivity contribution in [1.29, 1.82) is 0 Å². The lowest BCUT2D eigenvalue weighted by Gasteiger charge is -2.27. The molecule has 8 heteroatoms. The zero-order valence-corrected chi connectivity index (χ0v) is 15.4. The Labute approximate surface area is 165 Å². The quantitative estimate of drug-likeness (QED) is 0.687. The summed E-state index contributed by atoms with van der Waals surface area (Å²) in [6, 6.07) is 11.3. The Morgan fingerprint density at radius 1 is 1.00 bits per heavy atom. The maximum atomic E-state index is 14.2. The van der Waals surface area contributed by atoms with E-state index < -0.39 is 11.8 Å². The lowest BCUT2D eigenvalue weighted by molar-refractivity contribution is -0.142. The van der Waals surface area contributed by atoms with Crippen LogP contribution in [0.25, 0.3) is 16.6 Å². The number of hydrogen-bond acceptors (Lipinski definition) is 4. The van der Waals surface area contributed by atoms with E-state index >= 15 is 0 Å². The fourth-order valence-corrected chi connectivity index (χ4v) is 3.94. The molecule has 1 aliphatic heterocycles. The highest BCUT2D eigenvalue weighted by molar-refractivity contribution is 6.11. The second-order valence-corrected chi connectivity index (χ2v) is 7.29. The van der Waals surface area contributed by atoms with Crippen LogP contribution in [0.3, 0.4) is 0 Å². The summed E-state index contributed by atoms with van der Waals surface area (Å²) < 4.78 is 15.7. The van der Waals surface area contributed by atoms with Crippen LogP contribution in [-0.2, 0) is 9.59 Å². The van der Waals surface area contributed by atoms with Crippen molar-refractivity contribution in [2.75, 3.05) is 18.0 Å². The molecule has 3 aromatic rings. The van der Waals surface area contributed by atoms with Crippen LogP contribution in [0, 0.1) is 11.7 Å². The summed E-state index contributed by atoms with van der Waals surface area (Å²) in [5.41, 5.74) is 1.60. The number of ketones is 1. The van der Waals surface area contributed by atoms with Crippen molar-refractivity contribution >= 4 is 34.3 Å². The highest BCUT2D eigenvalue weighted by atomic mass is 19.1. The second-order valence-electron chi connectivity index (χ2n) is 7.29. The molecular weight excluding hydrogens is 375 g/mol. The molecule has 1 saturated heterocycles. The molecule has 2 aliphatic rings. The molecule has 0 N–H and O–H groups in total. The van der Waals surface area contributed by atoms with Crippen LogP contribution in [-0.4, -0.2) is 45.5 Å². The molecule has 3 amide bonds. The number of benzene rings is 2. The molecule has 1 saturated carbocycles. The predicted molar refractivity (Wildman–Crippen MR) is 103 cm³/mol. The lowest BCUT2D eigenvalue weighted by atomic mass is 9.83. The third-order valence-corrected chi connectivity index (χ3v) is 5.53.